The highest BCUT2D eigenvalue weighted by Gasteiger charge is 2.24. The number of carbonyl (C=O) groups excluding carboxylic acids is 1. The first-order valence-corrected chi connectivity index (χ1v) is 4.11. The van der Waals surface area contributed by atoms with Crippen LogP contribution in [0.5, 0.6) is 0 Å². The van der Waals surface area contributed by atoms with Crippen molar-refractivity contribution >= 4 is 5.78 Å². The molecule has 2 N–H and O–H groups in total. The second kappa shape index (κ2) is 3.83. The highest BCUT2D eigenvalue weighted by Crippen LogP contribution is 2.14. The minimum Gasteiger partial charge on any atom is -0.385 e. The first-order valence-electron chi connectivity index (χ1n) is 4.11. The molecule has 0 spiro atoms. The molecular weight excluding hydrogens is 142 g/mol. The molecular formula is C8H15NO2. The van der Waals surface area contributed by atoms with Crippen molar-refractivity contribution < 1.29 is 9.90 Å². The summed E-state index contributed by atoms with van der Waals surface area (Å²) in [5.74, 6) is 0.0277. The number of ketones is 1. The van der Waals surface area contributed by atoms with Crippen molar-refractivity contribution in [3.8, 4) is 0 Å². The number of aliphatic hydroxyl groups excluding tert-OH is 1. The molecule has 0 radical (unpaired) electrons. The van der Waals surface area contributed by atoms with Crippen molar-refractivity contribution in [2.45, 2.75) is 25.9 Å². The van der Waals surface area contributed by atoms with Gasteiger partial charge >= 0.3 is 0 Å². The zero-order valence-corrected chi connectivity index (χ0v) is 6.84. The van der Waals surface area contributed by atoms with Gasteiger partial charge in [0.1, 0.15) is 6.10 Å². The molecule has 1 aliphatic rings. The van der Waals surface area contributed by atoms with E-state index in [1.165, 1.54) is 6.92 Å². The van der Waals surface area contributed by atoms with E-state index in [-0.39, 0.29) is 11.7 Å². The fourth-order valence-electron chi connectivity index (χ4n) is 1.48. The van der Waals surface area contributed by atoms with Crippen LogP contribution in [0.3, 0.4) is 0 Å². The Hall–Kier alpha value is -0.410. The van der Waals surface area contributed by atoms with Crippen LogP contribution in [-0.2, 0) is 4.79 Å². The summed E-state index contributed by atoms with van der Waals surface area (Å²) in [5, 5.41) is 12.5. The number of hydrogen-bond donors (Lipinski definition) is 2. The monoisotopic (exact) mass is 157 g/mol. The van der Waals surface area contributed by atoms with Crippen molar-refractivity contribution in [1.82, 2.24) is 5.32 Å². The van der Waals surface area contributed by atoms with Gasteiger partial charge in [-0.25, -0.2) is 0 Å². The van der Waals surface area contributed by atoms with E-state index in [1.807, 2.05) is 0 Å². The summed E-state index contributed by atoms with van der Waals surface area (Å²) in [5.41, 5.74) is 0. The van der Waals surface area contributed by atoms with E-state index in [1.54, 1.807) is 0 Å². The zero-order valence-electron chi connectivity index (χ0n) is 6.84. The van der Waals surface area contributed by atoms with E-state index >= 15 is 0 Å². The summed E-state index contributed by atoms with van der Waals surface area (Å²) >= 11 is 0. The van der Waals surface area contributed by atoms with Crippen molar-refractivity contribution in [2.75, 3.05) is 13.1 Å². The Morgan fingerprint density at radius 2 is 2.45 bits per heavy atom. The molecule has 0 aromatic heterocycles. The SMILES string of the molecule is CC(=O)[C@H](O)C1CCCNC1. The number of carbonyl (C=O) groups is 1. The molecule has 0 aromatic rings. The molecule has 3 heteroatoms. The molecule has 2 atom stereocenters. The normalized spacial score (nSPS) is 28.0. The lowest BCUT2D eigenvalue weighted by molar-refractivity contribution is -0.127. The largest absolute Gasteiger partial charge is 0.385 e. The smallest absolute Gasteiger partial charge is 0.158 e. The van der Waals surface area contributed by atoms with Gasteiger partial charge in [0.15, 0.2) is 5.78 Å². The molecule has 1 unspecified atom stereocenters. The molecule has 1 fully saturated rings. The minimum atomic E-state index is -0.747. The van der Waals surface area contributed by atoms with Crippen LogP contribution in [0, 0.1) is 5.92 Å². The first kappa shape index (κ1) is 8.68. The number of aliphatic hydroxyl groups is 1. The van der Waals surface area contributed by atoms with E-state index in [2.05, 4.69) is 5.32 Å². The van der Waals surface area contributed by atoms with E-state index in [0.29, 0.717) is 0 Å². The lowest BCUT2D eigenvalue weighted by Crippen LogP contribution is -2.39. The molecule has 1 rings (SSSR count). The van der Waals surface area contributed by atoms with Gasteiger partial charge in [0.25, 0.3) is 0 Å². The number of Topliss-reactive ketones (excluding diaryl/α,β-unsaturated/α-hetero) is 1. The summed E-state index contributed by atoms with van der Waals surface area (Å²) in [7, 11) is 0. The molecule has 3 nitrogen and oxygen atoms in total. The average molecular weight is 157 g/mol. The van der Waals surface area contributed by atoms with Gasteiger partial charge in [0.05, 0.1) is 0 Å². The minimum absolute atomic E-state index is 0.112. The Balaban J connectivity index is 2.38. The molecule has 11 heavy (non-hydrogen) atoms. The van der Waals surface area contributed by atoms with Crippen LogP contribution < -0.4 is 5.32 Å². The second-order valence-electron chi connectivity index (χ2n) is 3.16. The molecule has 0 amide bonds. The van der Waals surface area contributed by atoms with E-state index in [0.717, 1.165) is 25.9 Å². The maximum absolute atomic E-state index is 10.8. The third-order valence-corrected chi connectivity index (χ3v) is 2.20. The second-order valence-corrected chi connectivity index (χ2v) is 3.16. The van der Waals surface area contributed by atoms with Gasteiger partial charge in [-0.3, -0.25) is 4.79 Å². The van der Waals surface area contributed by atoms with E-state index < -0.39 is 6.10 Å². The molecule has 0 aromatic carbocycles. The van der Waals surface area contributed by atoms with E-state index in [4.69, 9.17) is 0 Å². The Bertz CT molecular complexity index is 141. The van der Waals surface area contributed by atoms with Gasteiger partial charge in [0.2, 0.25) is 0 Å². The predicted molar refractivity (Wildman–Crippen MR) is 42.3 cm³/mol. The molecule has 0 aliphatic carbocycles. The number of nitrogens with one attached hydrogen (secondary N) is 1. The first-order chi connectivity index (χ1) is 5.22. The predicted octanol–water partition coefficient (Wildman–Crippen LogP) is -0.0641. The standard InChI is InChI=1S/C8H15NO2/c1-6(10)8(11)7-3-2-4-9-5-7/h7-9,11H,2-5H2,1H3/t7?,8-/m0/s1. The molecule has 1 aliphatic heterocycles. The van der Waals surface area contributed by atoms with Crippen LogP contribution in [0.25, 0.3) is 0 Å². The molecule has 64 valence electrons. The number of hydrogen-bond acceptors (Lipinski definition) is 3. The van der Waals surface area contributed by atoms with Crippen LogP contribution in [0.4, 0.5) is 0 Å². The van der Waals surface area contributed by atoms with Crippen LogP contribution in [0.1, 0.15) is 19.8 Å². The number of piperidine rings is 1. The van der Waals surface area contributed by atoms with E-state index in [9.17, 15) is 9.90 Å². The maximum atomic E-state index is 10.8. The third kappa shape index (κ3) is 2.27. The summed E-state index contributed by atoms with van der Waals surface area (Å²) in [4.78, 5) is 10.8. The lowest BCUT2D eigenvalue weighted by atomic mass is 9.92. The average Bonchev–Trinajstić information content (AvgIpc) is 2.05. The highest BCUT2D eigenvalue weighted by atomic mass is 16.3. The number of rotatable bonds is 2. The maximum Gasteiger partial charge on any atom is 0.158 e. The third-order valence-electron chi connectivity index (χ3n) is 2.20. The van der Waals surface area contributed by atoms with Crippen molar-refractivity contribution in [2.24, 2.45) is 5.92 Å². The summed E-state index contributed by atoms with van der Waals surface area (Å²) in [6.07, 6.45) is 1.28. The van der Waals surface area contributed by atoms with Gasteiger partial charge in [-0.2, -0.15) is 0 Å². The molecule has 1 heterocycles. The summed E-state index contributed by atoms with van der Waals surface area (Å²) in [6, 6.07) is 0. The fraction of sp³-hybridized carbons (Fsp3) is 0.875. The zero-order chi connectivity index (χ0) is 8.27. The Labute approximate surface area is 66.8 Å². The van der Waals surface area contributed by atoms with Gasteiger partial charge in [-0.05, 0) is 26.3 Å². The van der Waals surface area contributed by atoms with Crippen LogP contribution >= 0.6 is 0 Å². The summed E-state index contributed by atoms with van der Waals surface area (Å²) in [6.45, 7) is 3.24. The fourth-order valence-corrected chi connectivity index (χ4v) is 1.48. The van der Waals surface area contributed by atoms with Gasteiger partial charge in [-0.15, -0.1) is 0 Å². The van der Waals surface area contributed by atoms with Gasteiger partial charge in [-0.1, -0.05) is 0 Å². The Morgan fingerprint density at radius 1 is 1.73 bits per heavy atom. The molecule has 0 bridgehead atoms. The van der Waals surface area contributed by atoms with Crippen LogP contribution in [0.2, 0.25) is 0 Å². The van der Waals surface area contributed by atoms with Crippen LogP contribution in [0.15, 0.2) is 0 Å². The quantitative estimate of drug-likeness (QED) is 0.590. The lowest BCUT2D eigenvalue weighted by Gasteiger charge is -2.25. The Morgan fingerprint density at radius 3 is 2.91 bits per heavy atom. The summed E-state index contributed by atoms with van der Waals surface area (Å²) < 4.78 is 0. The highest BCUT2D eigenvalue weighted by molar-refractivity contribution is 5.80. The van der Waals surface area contributed by atoms with Crippen molar-refractivity contribution in [1.29, 1.82) is 0 Å². The van der Waals surface area contributed by atoms with Gasteiger partial charge in [0, 0.05) is 12.5 Å². The topological polar surface area (TPSA) is 49.3 Å². The molecule has 0 saturated carbocycles. The van der Waals surface area contributed by atoms with Crippen LogP contribution in [-0.4, -0.2) is 30.1 Å². The van der Waals surface area contributed by atoms with Gasteiger partial charge < -0.3 is 10.4 Å². The Kier molecular flexibility index (Phi) is 3.02. The van der Waals surface area contributed by atoms with Crippen molar-refractivity contribution in [3.63, 3.8) is 0 Å². The molecule has 1 saturated heterocycles. The van der Waals surface area contributed by atoms with Crippen molar-refractivity contribution in [3.05, 3.63) is 0 Å².